The van der Waals surface area contributed by atoms with Gasteiger partial charge in [0.05, 0.1) is 13.7 Å². The van der Waals surface area contributed by atoms with Crippen molar-refractivity contribution in [1.82, 2.24) is 0 Å². The van der Waals surface area contributed by atoms with E-state index in [0.29, 0.717) is 23.7 Å². The zero-order valence-corrected chi connectivity index (χ0v) is 9.73. The van der Waals surface area contributed by atoms with Crippen molar-refractivity contribution in [2.45, 2.75) is 6.92 Å². The van der Waals surface area contributed by atoms with Crippen LogP contribution >= 0.6 is 0 Å². The highest BCUT2D eigenvalue weighted by molar-refractivity contribution is 5.68. The lowest BCUT2D eigenvalue weighted by Gasteiger charge is -2.11. The zero-order chi connectivity index (χ0) is 12.7. The Bertz CT molecular complexity index is 491. The molecule has 0 spiro atoms. The Balaban J connectivity index is 3.26. The summed E-state index contributed by atoms with van der Waals surface area (Å²) in [4.78, 5) is 0. The molecule has 0 bridgehead atoms. The van der Waals surface area contributed by atoms with E-state index in [1.54, 1.807) is 30.3 Å². The summed E-state index contributed by atoms with van der Waals surface area (Å²) in [5, 5.41) is 17.4. The van der Waals surface area contributed by atoms with E-state index in [1.165, 1.54) is 13.2 Å². The van der Waals surface area contributed by atoms with Crippen LogP contribution in [0, 0.1) is 22.7 Å². The molecule has 1 aromatic rings. The van der Waals surface area contributed by atoms with Crippen molar-refractivity contribution in [3.05, 3.63) is 29.3 Å². The number of methoxy groups -OCH3 is 1. The normalized spacial score (nSPS) is 8.71. The fourth-order valence-corrected chi connectivity index (χ4v) is 1.38. The number of hydrogen-bond donors (Lipinski definition) is 0. The molecule has 0 saturated heterocycles. The van der Waals surface area contributed by atoms with Crippen LogP contribution in [0.4, 0.5) is 0 Å². The van der Waals surface area contributed by atoms with Crippen LogP contribution in [0.3, 0.4) is 0 Å². The van der Waals surface area contributed by atoms with Gasteiger partial charge < -0.3 is 9.47 Å². The fourth-order valence-electron chi connectivity index (χ4n) is 1.38. The highest BCUT2D eigenvalue weighted by Crippen LogP contribution is 2.32. The van der Waals surface area contributed by atoms with Crippen molar-refractivity contribution in [3.63, 3.8) is 0 Å². The molecule has 0 aromatic heterocycles. The Hall–Kier alpha value is -2.46. The van der Waals surface area contributed by atoms with Gasteiger partial charge in [-0.3, -0.25) is 0 Å². The van der Waals surface area contributed by atoms with Gasteiger partial charge in [-0.15, -0.1) is 0 Å². The van der Waals surface area contributed by atoms with Crippen LogP contribution in [0.15, 0.2) is 23.8 Å². The van der Waals surface area contributed by atoms with Gasteiger partial charge >= 0.3 is 0 Å². The minimum absolute atomic E-state index is 0.0250. The maximum Gasteiger partial charge on any atom is 0.167 e. The highest BCUT2D eigenvalue weighted by Gasteiger charge is 2.08. The lowest BCUT2D eigenvalue weighted by Crippen LogP contribution is -1.96. The molecule has 0 aliphatic rings. The Labute approximate surface area is 100 Å². The summed E-state index contributed by atoms with van der Waals surface area (Å²) in [6.07, 6.45) is 1.47. The molecular weight excluding hydrogens is 216 g/mol. The average Bonchev–Trinajstić information content (AvgIpc) is 2.36. The summed E-state index contributed by atoms with van der Waals surface area (Å²) >= 11 is 0. The molecule has 4 nitrogen and oxygen atoms in total. The first-order valence-electron chi connectivity index (χ1n) is 5.08. The van der Waals surface area contributed by atoms with Crippen LogP contribution in [0.2, 0.25) is 0 Å². The van der Waals surface area contributed by atoms with E-state index < -0.39 is 0 Å². The largest absolute Gasteiger partial charge is 0.492 e. The molecule has 0 aliphatic carbocycles. The van der Waals surface area contributed by atoms with Crippen molar-refractivity contribution in [1.29, 1.82) is 10.5 Å². The van der Waals surface area contributed by atoms with Crippen LogP contribution in [0.25, 0.3) is 6.08 Å². The second kappa shape index (κ2) is 6.19. The maximum atomic E-state index is 8.71. The zero-order valence-electron chi connectivity index (χ0n) is 9.73. The third kappa shape index (κ3) is 2.99. The molecule has 0 radical (unpaired) electrons. The molecule has 0 aliphatic heterocycles. The van der Waals surface area contributed by atoms with Crippen LogP contribution in [0.5, 0.6) is 11.5 Å². The van der Waals surface area contributed by atoms with E-state index in [9.17, 15) is 0 Å². The Morgan fingerprint density at radius 1 is 1.35 bits per heavy atom. The number of ether oxygens (including phenoxy) is 2. The number of nitrogens with zero attached hydrogens (tertiary/aromatic N) is 2. The fraction of sp³-hybridized carbons (Fsp3) is 0.231. The second-order valence-corrected chi connectivity index (χ2v) is 3.09. The summed E-state index contributed by atoms with van der Waals surface area (Å²) in [6, 6.07) is 8.93. The van der Waals surface area contributed by atoms with Gasteiger partial charge in [0.1, 0.15) is 17.7 Å². The lowest BCUT2D eigenvalue weighted by atomic mass is 10.1. The van der Waals surface area contributed by atoms with Gasteiger partial charge in [-0.2, -0.15) is 10.5 Å². The van der Waals surface area contributed by atoms with Crippen LogP contribution in [0.1, 0.15) is 12.5 Å². The topological polar surface area (TPSA) is 66.0 Å². The molecule has 0 fully saturated rings. The first kappa shape index (κ1) is 12.6. The Morgan fingerprint density at radius 3 is 2.59 bits per heavy atom. The number of para-hydroxylation sites is 1. The van der Waals surface area contributed by atoms with Gasteiger partial charge in [0.15, 0.2) is 11.5 Å². The SMILES string of the molecule is CCOc1cccc(C=C(C#N)C#N)c1OC. The molecule has 86 valence electrons. The number of nitriles is 2. The molecule has 0 N–H and O–H groups in total. The second-order valence-electron chi connectivity index (χ2n) is 3.09. The van der Waals surface area contributed by atoms with Crippen molar-refractivity contribution in [3.8, 4) is 23.6 Å². The van der Waals surface area contributed by atoms with E-state index >= 15 is 0 Å². The van der Waals surface area contributed by atoms with Crippen molar-refractivity contribution >= 4 is 6.08 Å². The first-order chi connectivity index (χ1) is 8.26. The van der Waals surface area contributed by atoms with Crippen molar-refractivity contribution in [2.24, 2.45) is 0 Å². The molecule has 17 heavy (non-hydrogen) atoms. The highest BCUT2D eigenvalue weighted by atomic mass is 16.5. The minimum atomic E-state index is 0.0250. The van der Waals surface area contributed by atoms with Gasteiger partial charge in [-0.05, 0) is 19.1 Å². The molecule has 0 unspecified atom stereocenters. The monoisotopic (exact) mass is 228 g/mol. The quantitative estimate of drug-likeness (QED) is 0.742. The lowest BCUT2D eigenvalue weighted by molar-refractivity contribution is 0.310. The number of benzene rings is 1. The van der Waals surface area contributed by atoms with Gasteiger partial charge in [0.2, 0.25) is 0 Å². The molecule has 0 atom stereocenters. The Kier molecular flexibility index (Phi) is 4.59. The Morgan fingerprint density at radius 2 is 2.06 bits per heavy atom. The first-order valence-corrected chi connectivity index (χ1v) is 5.08. The predicted molar refractivity (Wildman–Crippen MR) is 63.4 cm³/mol. The molecule has 1 aromatic carbocycles. The van der Waals surface area contributed by atoms with Crippen molar-refractivity contribution in [2.75, 3.05) is 13.7 Å². The third-order valence-corrected chi connectivity index (χ3v) is 2.05. The van der Waals surface area contributed by atoms with Crippen molar-refractivity contribution < 1.29 is 9.47 Å². The third-order valence-electron chi connectivity index (χ3n) is 2.05. The van der Waals surface area contributed by atoms with Crippen LogP contribution < -0.4 is 9.47 Å². The van der Waals surface area contributed by atoms with E-state index in [0.717, 1.165) is 0 Å². The molecular formula is C13H12N2O2. The van der Waals surface area contributed by atoms with Crippen LogP contribution in [-0.4, -0.2) is 13.7 Å². The maximum absolute atomic E-state index is 8.71. The van der Waals surface area contributed by atoms with Gasteiger partial charge in [-0.25, -0.2) is 0 Å². The summed E-state index contributed by atoms with van der Waals surface area (Å²) < 4.78 is 10.6. The van der Waals surface area contributed by atoms with Gasteiger partial charge in [0, 0.05) is 5.56 Å². The summed E-state index contributed by atoms with van der Waals surface area (Å²) in [6.45, 7) is 2.39. The molecule has 4 heteroatoms. The summed E-state index contributed by atoms with van der Waals surface area (Å²) in [5.41, 5.74) is 0.675. The molecule has 0 saturated carbocycles. The molecule has 0 amide bonds. The van der Waals surface area contributed by atoms with Gasteiger partial charge in [0.25, 0.3) is 0 Å². The summed E-state index contributed by atoms with van der Waals surface area (Å²) in [5.74, 6) is 1.12. The average molecular weight is 228 g/mol. The molecule has 0 heterocycles. The van der Waals surface area contributed by atoms with E-state index in [4.69, 9.17) is 20.0 Å². The van der Waals surface area contributed by atoms with Crippen LogP contribution in [-0.2, 0) is 0 Å². The number of allylic oxidation sites excluding steroid dienone is 1. The summed E-state index contributed by atoms with van der Waals surface area (Å²) in [7, 11) is 1.52. The molecule has 1 rings (SSSR count). The standard InChI is InChI=1S/C13H12N2O2/c1-3-17-12-6-4-5-11(13(12)16-2)7-10(8-14)9-15/h4-7H,3H2,1-2H3. The number of rotatable bonds is 4. The van der Waals surface area contributed by atoms with E-state index in [-0.39, 0.29) is 5.57 Å². The number of hydrogen-bond acceptors (Lipinski definition) is 4. The smallest absolute Gasteiger partial charge is 0.167 e. The van der Waals surface area contributed by atoms with Gasteiger partial charge in [-0.1, -0.05) is 12.1 Å². The predicted octanol–water partition coefficient (Wildman–Crippen LogP) is 2.52. The van der Waals surface area contributed by atoms with E-state index in [2.05, 4.69) is 0 Å². The van der Waals surface area contributed by atoms with E-state index in [1.807, 2.05) is 6.92 Å². The minimum Gasteiger partial charge on any atom is -0.492 e.